The van der Waals surface area contributed by atoms with E-state index in [0.717, 1.165) is 11.1 Å². The monoisotopic (exact) mass is 444 g/mol. The lowest BCUT2D eigenvalue weighted by Crippen LogP contribution is -2.29. The van der Waals surface area contributed by atoms with Gasteiger partial charge in [0.15, 0.2) is 0 Å². The van der Waals surface area contributed by atoms with E-state index in [1.165, 1.54) is 4.90 Å². The van der Waals surface area contributed by atoms with E-state index < -0.39 is 17.7 Å². The third-order valence-corrected chi connectivity index (χ3v) is 5.66. The lowest BCUT2D eigenvalue weighted by Gasteiger charge is -2.24. The number of pyridine rings is 1. The van der Waals surface area contributed by atoms with E-state index in [9.17, 15) is 14.7 Å². The Morgan fingerprint density at radius 1 is 1.03 bits per heavy atom. The van der Waals surface area contributed by atoms with Crippen LogP contribution >= 0.6 is 0 Å². The molecule has 1 aliphatic rings. The Morgan fingerprint density at radius 3 is 2.52 bits per heavy atom. The van der Waals surface area contributed by atoms with Crippen molar-refractivity contribution in [2.75, 3.05) is 14.2 Å². The summed E-state index contributed by atoms with van der Waals surface area (Å²) in [6, 6.07) is 16.8. The third-order valence-electron chi connectivity index (χ3n) is 5.66. The molecule has 1 aromatic heterocycles. The molecule has 1 fully saturated rings. The number of likely N-dealkylation sites (tertiary alicyclic amines) is 1. The van der Waals surface area contributed by atoms with E-state index in [-0.39, 0.29) is 17.9 Å². The maximum Gasteiger partial charge on any atom is 0.296 e. The average molecular weight is 444 g/mol. The van der Waals surface area contributed by atoms with Gasteiger partial charge in [0.25, 0.3) is 11.7 Å². The first-order chi connectivity index (χ1) is 15.9. The van der Waals surface area contributed by atoms with Gasteiger partial charge in [-0.15, -0.1) is 0 Å². The van der Waals surface area contributed by atoms with E-state index >= 15 is 0 Å². The topological polar surface area (TPSA) is 89.0 Å². The second-order valence-corrected chi connectivity index (χ2v) is 7.72. The second kappa shape index (κ2) is 9.16. The van der Waals surface area contributed by atoms with E-state index in [2.05, 4.69) is 4.98 Å². The van der Waals surface area contributed by atoms with Crippen LogP contribution in [0, 0.1) is 6.92 Å². The molecule has 0 radical (unpaired) electrons. The Labute approximate surface area is 191 Å². The molecule has 2 heterocycles. The molecule has 1 unspecified atom stereocenters. The van der Waals surface area contributed by atoms with Gasteiger partial charge in [-0.2, -0.15) is 0 Å². The highest BCUT2D eigenvalue weighted by Crippen LogP contribution is 2.40. The van der Waals surface area contributed by atoms with Gasteiger partial charge in [-0.3, -0.25) is 14.6 Å². The number of carbonyl (C=O) groups excluding carboxylic acids is 2. The highest BCUT2D eigenvalue weighted by Gasteiger charge is 2.46. The van der Waals surface area contributed by atoms with Crippen molar-refractivity contribution in [2.24, 2.45) is 0 Å². The van der Waals surface area contributed by atoms with Crippen LogP contribution in [0.4, 0.5) is 0 Å². The number of ketones is 1. The van der Waals surface area contributed by atoms with E-state index in [1.54, 1.807) is 62.9 Å². The smallest absolute Gasteiger partial charge is 0.296 e. The van der Waals surface area contributed by atoms with Crippen LogP contribution in [0.1, 0.15) is 28.4 Å². The van der Waals surface area contributed by atoms with Crippen molar-refractivity contribution in [3.63, 3.8) is 0 Å². The van der Waals surface area contributed by atoms with Crippen molar-refractivity contribution in [2.45, 2.75) is 19.5 Å². The van der Waals surface area contributed by atoms with E-state index in [0.29, 0.717) is 22.8 Å². The van der Waals surface area contributed by atoms with Crippen LogP contribution in [0.2, 0.25) is 0 Å². The normalized spacial score (nSPS) is 17.3. The number of nitrogens with zero attached hydrogens (tertiary/aromatic N) is 2. The van der Waals surface area contributed by atoms with Gasteiger partial charge < -0.3 is 19.5 Å². The Bertz CT molecular complexity index is 1240. The fourth-order valence-corrected chi connectivity index (χ4v) is 4.04. The molecule has 33 heavy (non-hydrogen) atoms. The summed E-state index contributed by atoms with van der Waals surface area (Å²) in [5.41, 5.74) is 2.50. The zero-order valence-electron chi connectivity index (χ0n) is 18.6. The number of aliphatic hydroxyl groups excluding tert-OH is 1. The molecule has 1 amide bonds. The third kappa shape index (κ3) is 4.17. The first-order valence-electron chi connectivity index (χ1n) is 10.4. The van der Waals surface area contributed by atoms with Gasteiger partial charge in [0.2, 0.25) is 0 Å². The van der Waals surface area contributed by atoms with Crippen LogP contribution in [-0.4, -0.2) is 40.9 Å². The SMILES string of the molecule is COc1cccc(CN2C(=O)C(=O)/C(=C(\O)c3ccc(OC)c(C)c3)C2c2ccccn2)c1. The molecule has 0 spiro atoms. The number of carbonyl (C=O) groups is 2. The summed E-state index contributed by atoms with van der Waals surface area (Å²) in [4.78, 5) is 32.1. The minimum atomic E-state index is -0.834. The second-order valence-electron chi connectivity index (χ2n) is 7.72. The Balaban J connectivity index is 1.83. The minimum absolute atomic E-state index is 0.00571. The molecular weight excluding hydrogens is 420 g/mol. The first kappa shape index (κ1) is 22.1. The molecule has 1 saturated heterocycles. The molecule has 3 aromatic rings. The molecule has 0 saturated carbocycles. The fourth-order valence-electron chi connectivity index (χ4n) is 4.04. The summed E-state index contributed by atoms with van der Waals surface area (Å²) in [6.07, 6.45) is 1.60. The minimum Gasteiger partial charge on any atom is -0.507 e. The molecule has 168 valence electrons. The number of hydrogen-bond donors (Lipinski definition) is 1. The molecular formula is C26H24N2O5. The van der Waals surface area contributed by atoms with Crippen molar-refractivity contribution in [1.82, 2.24) is 9.88 Å². The number of rotatable bonds is 6. The molecule has 7 heteroatoms. The van der Waals surface area contributed by atoms with Crippen LogP contribution in [0.3, 0.4) is 0 Å². The van der Waals surface area contributed by atoms with Gasteiger partial charge in [0.05, 0.1) is 25.5 Å². The number of amides is 1. The number of Topliss-reactive ketones (excluding diaryl/α,β-unsaturated/α-hetero) is 1. The van der Waals surface area contributed by atoms with Crippen LogP contribution < -0.4 is 9.47 Å². The largest absolute Gasteiger partial charge is 0.507 e. The van der Waals surface area contributed by atoms with Crippen molar-refractivity contribution < 1.29 is 24.2 Å². The van der Waals surface area contributed by atoms with Crippen LogP contribution in [0.5, 0.6) is 11.5 Å². The molecule has 0 bridgehead atoms. The summed E-state index contributed by atoms with van der Waals surface area (Å²) >= 11 is 0. The maximum absolute atomic E-state index is 13.1. The summed E-state index contributed by atoms with van der Waals surface area (Å²) < 4.78 is 10.6. The summed E-state index contributed by atoms with van der Waals surface area (Å²) in [6.45, 7) is 1.99. The predicted octanol–water partition coefficient (Wildman–Crippen LogP) is 4.03. The highest BCUT2D eigenvalue weighted by atomic mass is 16.5. The molecule has 1 aliphatic heterocycles. The zero-order chi connectivity index (χ0) is 23.5. The van der Waals surface area contributed by atoms with Crippen molar-refractivity contribution in [1.29, 1.82) is 0 Å². The molecule has 0 aliphatic carbocycles. The summed E-state index contributed by atoms with van der Waals surface area (Å²) in [5.74, 6) is -0.388. The Kier molecular flexibility index (Phi) is 6.13. The molecule has 2 aromatic carbocycles. The standard InChI is InChI=1S/C26H24N2O5/c1-16-13-18(10-11-21(16)33-3)24(29)22-23(20-9-4-5-12-27-20)28(26(31)25(22)30)15-17-7-6-8-19(14-17)32-2/h4-14,23,29H,15H2,1-3H3/b24-22-. The van der Waals surface area contributed by atoms with Gasteiger partial charge in [-0.05, 0) is 60.5 Å². The molecule has 7 nitrogen and oxygen atoms in total. The van der Waals surface area contributed by atoms with Gasteiger partial charge in [0.1, 0.15) is 23.3 Å². The molecule has 4 rings (SSSR count). The van der Waals surface area contributed by atoms with E-state index in [4.69, 9.17) is 9.47 Å². The van der Waals surface area contributed by atoms with Crippen LogP contribution in [-0.2, 0) is 16.1 Å². The van der Waals surface area contributed by atoms with Crippen molar-refractivity contribution >= 4 is 17.4 Å². The quantitative estimate of drug-likeness (QED) is 0.351. The number of hydrogen-bond acceptors (Lipinski definition) is 6. The van der Waals surface area contributed by atoms with Gasteiger partial charge in [-0.1, -0.05) is 18.2 Å². The Morgan fingerprint density at radius 2 is 1.85 bits per heavy atom. The number of aliphatic hydroxyl groups is 1. The molecule has 1 N–H and O–H groups in total. The fraction of sp³-hybridized carbons (Fsp3) is 0.192. The maximum atomic E-state index is 13.1. The van der Waals surface area contributed by atoms with Gasteiger partial charge >= 0.3 is 0 Å². The van der Waals surface area contributed by atoms with Gasteiger partial charge in [-0.25, -0.2) is 0 Å². The predicted molar refractivity (Wildman–Crippen MR) is 123 cm³/mol. The van der Waals surface area contributed by atoms with Crippen LogP contribution in [0.25, 0.3) is 5.76 Å². The first-order valence-corrected chi connectivity index (χ1v) is 10.4. The highest BCUT2D eigenvalue weighted by molar-refractivity contribution is 6.46. The van der Waals surface area contributed by atoms with Crippen molar-refractivity contribution in [3.05, 3.63) is 94.8 Å². The number of aromatic nitrogens is 1. The Hall–Kier alpha value is -4.13. The van der Waals surface area contributed by atoms with Gasteiger partial charge in [0, 0.05) is 18.3 Å². The number of benzene rings is 2. The summed E-state index contributed by atoms with van der Waals surface area (Å²) in [5, 5.41) is 11.2. The van der Waals surface area contributed by atoms with E-state index in [1.807, 2.05) is 25.1 Å². The van der Waals surface area contributed by atoms with Crippen LogP contribution in [0.15, 0.2) is 72.4 Å². The number of aryl methyl sites for hydroxylation is 1. The molecule has 1 atom stereocenters. The zero-order valence-corrected chi connectivity index (χ0v) is 18.6. The number of methoxy groups -OCH3 is 2. The average Bonchev–Trinajstić information content (AvgIpc) is 3.09. The number of ether oxygens (including phenoxy) is 2. The lowest BCUT2D eigenvalue weighted by atomic mass is 9.97. The summed E-state index contributed by atoms with van der Waals surface area (Å²) in [7, 11) is 3.13. The lowest BCUT2D eigenvalue weighted by molar-refractivity contribution is -0.140. The van der Waals surface area contributed by atoms with Crippen molar-refractivity contribution in [3.8, 4) is 11.5 Å².